The van der Waals surface area contributed by atoms with Crippen molar-refractivity contribution in [3.63, 3.8) is 0 Å². The van der Waals surface area contributed by atoms with Crippen LogP contribution in [0.3, 0.4) is 0 Å². The summed E-state index contributed by atoms with van der Waals surface area (Å²) in [4.78, 5) is 23.6. The molecule has 6 nitrogen and oxygen atoms in total. The number of thiol groups is 1. The van der Waals surface area contributed by atoms with Gasteiger partial charge in [-0.3, -0.25) is 14.5 Å². The number of rotatable bonds is 3. The smallest absolute Gasteiger partial charge is 0.303 e. The van der Waals surface area contributed by atoms with E-state index in [0.717, 1.165) is 0 Å². The average Bonchev–Trinajstić information content (AvgIpc) is 2.09. The Hall–Kier alpha value is -0.950. The molecule has 1 saturated heterocycles. The van der Waals surface area contributed by atoms with E-state index in [0.29, 0.717) is 6.54 Å². The van der Waals surface area contributed by atoms with Crippen molar-refractivity contribution in [2.45, 2.75) is 19.4 Å². The fourth-order valence-corrected chi connectivity index (χ4v) is 2.04. The molecule has 0 radical (unpaired) electrons. The monoisotopic (exact) mass is 235 g/mol. The van der Waals surface area contributed by atoms with Crippen LogP contribution in [-0.4, -0.2) is 50.1 Å². The second kappa shape index (κ2) is 5.22. The van der Waals surface area contributed by atoms with Crippen molar-refractivity contribution >= 4 is 22.5 Å². The summed E-state index contributed by atoms with van der Waals surface area (Å²) in [6.07, 6.45) is -0.590. The maximum Gasteiger partial charge on any atom is 0.303 e. The van der Waals surface area contributed by atoms with Crippen LogP contribution in [-0.2, 0) is 25.0 Å². The number of esters is 1. The van der Waals surface area contributed by atoms with Crippen LogP contribution in [0.5, 0.6) is 0 Å². The molecular formula is C8H13NO5S. The quantitative estimate of drug-likeness (QED) is 0.487. The van der Waals surface area contributed by atoms with Crippen molar-refractivity contribution < 1.29 is 22.7 Å². The maximum atomic E-state index is 11.3. The van der Waals surface area contributed by atoms with Gasteiger partial charge in [0.1, 0.15) is 0 Å². The van der Waals surface area contributed by atoms with Crippen molar-refractivity contribution in [2.24, 2.45) is 0 Å². The molecule has 1 aliphatic heterocycles. The first kappa shape index (κ1) is 12.1. The van der Waals surface area contributed by atoms with Gasteiger partial charge < -0.3 is 4.74 Å². The number of nitrogens with zero attached hydrogens (tertiary/aromatic N) is 1. The molecule has 1 heterocycles. The van der Waals surface area contributed by atoms with Crippen molar-refractivity contribution in [2.75, 3.05) is 19.0 Å². The lowest BCUT2D eigenvalue weighted by Gasteiger charge is -2.29. The van der Waals surface area contributed by atoms with Crippen LogP contribution in [0.4, 0.5) is 0 Å². The van der Waals surface area contributed by atoms with Gasteiger partial charge in [-0.1, -0.05) is 0 Å². The van der Waals surface area contributed by atoms with Crippen LogP contribution < -0.4 is 0 Å². The molecule has 1 atom stereocenters. The molecule has 15 heavy (non-hydrogen) atoms. The van der Waals surface area contributed by atoms with Gasteiger partial charge in [-0.25, -0.2) is 8.42 Å². The van der Waals surface area contributed by atoms with E-state index >= 15 is 0 Å². The first-order chi connectivity index (χ1) is 6.99. The SMILES string of the molecule is CC(=O)OC1CN(C[SH](=O)=O)CCC1=O. The van der Waals surface area contributed by atoms with E-state index in [-0.39, 0.29) is 24.6 Å². The molecule has 86 valence electrons. The Balaban J connectivity index is 2.55. The number of ether oxygens (including phenoxy) is 1. The molecule has 1 aliphatic rings. The second-order valence-electron chi connectivity index (χ2n) is 3.37. The van der Waals surface area contributed by atoms with Gasteiger partial charge in [0.2, 0.25) is 0 Å². The number of carbonyl (C=O) groups is 2. The normalized spacial score (nSPS) is 23.1. The molecule has 0 bridgehead atoms. The number of ketones is 1. The molecule has 0 saturated carbocycles. The second-order valence-corrected chi connectivity index (χ2v) is 4.31. The van der Waals surface area contributed by atoms with E-state index < -0.39 is 22.8 Å². The fraction of sp³-hybridized carbons (Fsp3) is 0.750. The minimum absolute atomic E-state index is 0.0968. The van der Waals surface area contributed by atoms with Crippen LogP contribution >= 0.6 is 0 Å². The van der Waals surface area contributed by atoms with Crippen molar-refractivity contribution in [3.8, 4) is 0 Å². The van der Waals surface area contributed by atoms with E-state index in [4.69, 9.17) is 4.74 Å². The number of piperidine rings is 1. The molecule has 0 amide bonds. The third-order valence-electron chi connectivity index (χ3n) is 2.08. The van der Waals surface area contributed by atoms with E-state index in [1.54, 1.807) is 4.90 Å². The largest absolute Gasteiger partial charge is 0.453 e. The summed E-state index contributed by atoms with van der Waals surface area (Å²) < 4.78 is 25.7. The summed E-state index contributed by atoms with van der Waals surface area (Å²) in [5.74, 6) is -0.773. The summed E-state index contributed by atoms with van der Waals surface area (Å²) in [7, 11) is -2.50. The van der Waals surface area contributed by atoms with Crippen molar-refractivity contribution in [1.29, 1.82) is 0 Å². The lowest BCUT2D eigenvalue weighted by molar-refractivity contribution is -0.156. The van der Waals surface area contributed by atoms with Crippen molar-refractivity contribution in [1.82, 2.24) is 4.90 Å². The molecule has 0 N–H and O–H groups in total. The van der Waals surface area contributed by atoms with Crippen LogP contribution in [0.15, 0.2) is 0 Å². The molecule has 0 aromatic heterocycles. The zero-order valence-electron chi connectivity index (χ0n) is 8.34. The van der Waals surface area contributed by atoms with Crippen LogP contribution in [0, 0.1) is 0 Å². The first-order valence-corrected chi connectivity index (χ1v) is 5.89. The first-order valence-electron chi connectivity index (χ1n) is 4.53. The number of hydrogen-bond donors (Lipinski definition) is 1. The molecule has 0 aromatic rings. The van der Waals surface area contributed by atoms with Gasteiger partial charge >= 0.3 is 5.97 Å². The molecule has 1 rings (SSSR count). The highest BCUT2D eigenvalue weighted by Crippen LogP contribution is 2.09. The van der Waals surface area contributed by atoms with Gasteiger partial charge in [0.25, 0.3) is 0 Å². The molecule has 0 aromatic carbocycles. The number of hydrogen-bond acceptors (Lipinski definition) is 6. The summed E-state index contributed by atoms with van der Waals surface area (Å²) in [6, 6.07) is 0. The third-order valence-corrected chi connectivity index (χ3v) is 2.71. The predicted molar refractivity (Wildman–Crippen MR) is 51.9 cm³/mol. The van der Waals surface area contributed by atoms with E-state index in [9.17, 15) is 18.0 Å². The highest BCUT2D eigenvalue weighted by Gasteiger charge is 2.29. The Kier molecular flexibility index (Phi) is 4.22. The highest BCUT2D eigenvalue weighted by molar-refractivity contribution is 7.72. The Morgan fingerprint density at radius 1 is 1.60 bits per heavy atom. The lowest BCUT2D eigenvalue weighted by Crippen LogP contribution is -2.46. The van der Waals surface area contributed by atoms with Gasteiger partial charge in [-0.15, -0.1) is 0 Å². The summed E-state index contributed by atoms with van der Waals surface area (Å²) >= 11 is 0. The summed E-state index contributed by atoms with van der Waals surface area (Å²) in [5.41, 5.74) is 0. The Labute approximate surface area is 89.1 Å². The van der Waals surface area contributed by atoms with Gasteiger partial charge in [0, 0.05) is 26.4 Å². The lowest BCUT2D eigenvalue weighted by atomic mass is 10.1. The zero-order chi connectivity index (χ0) is 11.4. The van der Waals surface area contributed by atoms with Gasteiger partial charge in [-0.2, -0.15) is 0 Å². The average molecular weight is 235 g/mol. The van der Waals surface area contributed by atoms with Gasteiger partial charge in [0.05, 0.1) is 5.88 Å². The molecule has 7 heteroatoms. The maximum absolute atomic E-state index is 11.3. The molecular weight excluding hydrogens is 222 g/mol. The Bertz CT molecular complexity index is 330. The Morgan fingerprint density at radius 3 is 2.80 bits per heavy atom. The minimum atomic E-state index is -2.50. The number of Topliss-reactive ketones (excluding diaryl/α,β-unsaturated/α-hetero) is 1. The summed E-state index contributed by atoms with van der Waals surface area (Å²) in [5, 5.41) is 0. The van der Waals surface area contributed by atoms with Gasteiger partial charge in [-0.05, 0) is 0 Å². The van der Waals surface area contributed by atoms with E-state index in [1.165, 1.54) is 6.92 Å². The molecule has 0 aliphatic carbocycles. The zero-order valence-corrected chi connectivity index (χ0v) is 9.24. The van der Waals surface area contributed by atoms with Crippen molar-refractivity contribution in [3.05, 3.63) is 0 Å². The predicted octanol–water partition coefficient (Wildman–Crippen LogP) is -1.24. The molecule has 0 spiro atoms. The fourth-order valence-electron chi connectivity index (χ4n) is 1.45. The molecule has 1 unspecified atom stereocenters. The third kappa shape index (κ3) is 3.96. The standard InChI is InChI=1S/C8H13NO5S/c1-6(10)14-8-4-9(5-15(12)13)3-2-7(8)11/h8,15H,2-5H2,1H3. The Morgan fingerprint density at radius 2 is 2.27 bits per heavy atom. The van der Waals surface area contributed by atoms with E-state index in [1.807, 2.05) is 0 Å². The highest BCUT2D eigenvalue weighted by atomic mass is 32.2. The van der Waals surface area contributed by atoms with E-state index in [2.05, 4.69) is 0 Å². The minimum Gasteiger partial charge on any atom is -0.453 e. The van der Waals surface area contributed by atoms with Crippen LogP contribution in [0.2, 0.25) is 0 Å². The van der Waals surface area contributed by atoms with Gasteiger partial charge in [0.15, 0.2) is 22.6 Å². The topological polar surface area (TPSA) is 80.8 Å². The van der Waals surface area contributed by atoms with Crippen LogP contribution in [0.1, 0.15) is 13.3 Å². The number of carbonyl (C=O) groups excluding carboxylic acids is 2. The number of likely N-dealkylation sites (tertiary alicyclic amines) is 1. The van der Waals surface area contributed by atoms with Crippen LogP contribution in [0.25, 0.3) is 0 Å². The molecule has 1 fully saturated rings. The summed E-state index contributed by atoms with van der Waals surface area (Å²) in [6.45, 7) is 1.79.